The highest BCUT2D eigenvalue weighted by atomic mass is 79.9. The second kappa shape index (κ2) is 7.81. The maximum atomic E-state index is 2.30. The number of halogens is 1. The summed E-state index contributed by atoms with van der Waals surface area (Å²) < 4.78 is 1.03. The van der Waals surface area contributed by atoms with Crippen molar-refractivity contribution >= 4 is 0 Å². The molecule has 0 rings (SSSR count). The van der Waals surface area contributed by atoms with Crippen LogP contribution in [0.3, 0.4) is 0 Å². The first kappa shape index (κ1) is 14.7. The van der Waals surface area contributed by atoms with Crippen LogP contribution in [0.25, 0.3) is 0 Å². The van der Waals surface area contributed by atoms with Gasteiger partial charge in [-0.05, 0) is 12.5 Å². The number of nitrogens with zero attached hydrogens (tertiary/aromatic N) is 1. The van der Waals surface area contributed by atoms with E-state index in [1.54, 1.807) is 0 Å². The van der Waals surface area contributed by atoms with E-state index in [1.165, 1.54) is 19.3 Å². The highest BCUT2D eigenvalue weighted by molar-refractivity contribution is 4.80. The van der Waals surface area contributed by atoms with Gasteiger partial charge in [-0.3, -0.25) is 0 Å². The SMILES string of the molecule is CCCCC=CC[N+](C)(C)C.[Br-]. The van der Waals surface area contributed by atoms with E-state index >= 15 is 0 Å². The maximum absolute atomic E-state index is 2.30. The Labute approximate surface area is 87.8 Å². The molecule has 0 heterocycles. The number of hydrogen-bond donors (Lipinski definition) is 0. The van der Waals surface area contributed by atoms with Crippen LogP contribution in [0.15, 0.2) is 12.2 Å². The third-order valence-electron chi connectivity index (χ3n) is 1.54. The van der Waals surface area contributed by atoms with Crippen molar-refractivity contribution in [3.05, 3.63) is 12.2 Å². The summed E-state index contributed by atoms with van der Waals surface area (Å²) >= 11 is 0. The van der Waals surface area contributed by atoms with Gasteiger partial charge < -0.3 is 21.5 Å². The van der Waals surface area contributed by atoms with Gasteiger partial charge in [-0.1, -0.05) is 25.8 Å². The van der Waals surface area contributed by atoms with Crippen molar-refractivity contribution in [1.82, 2.24) is 0 Å². The minimum absolute atomic E-state index is 0. The Kier molecular flexibility index (Phi) is 9.56. The van der Waals surface area contributed by atoms with Crippen LogP contribution in [0.1, 0.15) is 26.2 Å². The van der Waals surface area contributed by atoms with E-state index in [4.69, 9.17) is 0 Å². The smallest absolute Gasteiger partial charge is 0.0967 e. The van der Waals surface area contributed by atoms with Crippen LogP contribution in [-0.4, -0.2) is 32.2 Å². The van der Waals surface area contributed by atoms with E-state index in [1.807, 2.05) is 0 Å². The fraction of sp³-hybridized carbons (Fsp3) is 0.800. The standard InChI is InChI=1S/C10H22N.BrH/c1-5-6-7-8-9-10-11(2,3)4;/h8-9H,5-7,10H2,1-4H3;1H/q+1;/p-1. The predicted octanol–water partition coefficient (Wildman–Crippen LogP) is -0.557. The molecular formula is C10H22BrN. The normalized spacial score (nSPS) is 11.7. The Morgan fingerprint density at radius 3 is 2.08 bits per heavy atom. The summed E-state index contributed by atoms with van der Waals surface area (Å²) in [4.78, 5) is 0. The van der Waals surface area contributed by atoms with Crippen LogP contribution in [0, 0.1) is 0 Å². The molecule has 0 aliphatic heterocycles. The number of hydrogen-bond acceptors (Lipinski definition) is 0. The van der Waals surface area contributed by atoms with Crippen molar-refractivity contribution < 1.29 is 21.5 Å². The molecule has 0 aromatic carbocycles. The van der Waals surface area contributed by atoms with Crippen molar-refractivity contribution in [2.75, 3.05) is 27.7 Å². The summed E-state index contributed by atoms with van der Waals surface area (Å²) in [6.45, 7) is 3.37. The van der Waals surface area contributed by atoms with Gasteiger partial charge in [0.1, 0.15) is 0 Å². The molecule has 0 aromatic heterocycles. The summed E-state index contributed by atoms with van der Waals surface area (Å²) in [5, 5.41) is 0. The molecule has 0 aliphatic carbocycles. The van der Waals surface area contributed by atoms with Crippen LogP contribution in [0.2, 0.25) is 0 Å². The van der Waals surface area contributed by atoms with Crippen LogP contribution in [-0.2, 0) is 0 Å². The molecule has 12 heavy (non-hydrogen) atoms. The molecule has 0 N–H and O–H groups in total. The van der Waals surface area contributed by atoms with Crippen molar-refractivity contribution in [1.29, 1.82) is 0 Å². The topological polar surface area (TPSA) is 0 Å². The molecule has 74 valence electrons. The molecule has 0 atom stereocenters. The van der Waals surface area contributed by atoms with Crippen molar-refractivity contribution in [2.45, 2.75) is 26.2 Å². The summed E-state index contributed by atoms with van der Waals surface area (Å²) in [7, 11) is 6.64. The Morgan fingerprint density at radius 1 is 1.08 bits per heavy atom. The predicted molar refractivity (Wildman–Crippen MR) is 51.6 cm³/mol. The van der Waals surface area contributed by atoms with Gasteiger partial charge in [-0.2, -0.15) is 0 Å². The van der Waals surface area contributed by atoms with Crippen molar-refractivity contribution in [2.24, 2.45) is 0 Å². The summed E-state index contributed by atoms with van der Waals surface area (Å²) in [6, 6.07) is 0. The number of likely N-dealkylation sites (N-methyl/N-ethyl adjacent to an activating group) is 1. The molecule has 2 heteroatoms. The molecule has 0 aromatic rings. The van der Waals surface area contributed by atoms with Gasteiger partial charge in [0, 0.05) is 0 Å². The molecule has 0 saturated heterocycles. The zero-order valence-electron chi connectivity index (χ0n) is 8.81. The Hall–Kier alpha value is 0.180. The van der Waals surface area contributed by atoms with Crippen LogP contribution in [0.5, 0.6) is 0 Å². The first-order chi connectivity index (χ1) is 5.06. The molecule has 0 amide bonds. The van der Waals surface area contributed by atoms with Gasteiger partial charge in [-0.15, -0.1) is 0 Å². The highest BCUT2D eigenvalue weighted by Crippen LogP contribution is 1.96. The lowest BCUT2D eigenvalue weighted by Gasteiger charge is -2.21. The Bertz CT molecular complexity index is 113. The van der Waals surface area contributed by atoms with E-state index < -0.39 is 0 Å². The third kappa shape index (κ3) is 12.8. The molecule has 0 bridgehead atoms. The second-order valence-electron chi connectivity index (χ2n) is 4.09. The zero-order valence-corrected chi connectivity index (χ0v) is 10.4. The van der Waals surface area contributed by atoms with E-state index in [0.717, 1.165) is 11.0 Å². The minimum atomic E-state index is 0. The zero-order chi connectivity index (χ0) is 8.74. The first-order valence-corrected chi connectivity index (χ1v) is 4.51. The van der Waals surface area contributed by atoms with Gasteiger partial charge in [-0.25, -0.2) is 0 Å². The van der Waals surface area contributed by atoms with E-state index in [9.17, 15) is 0 Å². The monoisotopic (exact) mass is 235 g/mol. The summed E-state index contributed by atoms with van der Waals surface area (Å²) in [5.41, 5.74) is 0. The average Bonchev–Trinajstić information content (AvgIpc) is 1.85. The highest BCUT2D eigenvalue weighted by Gasteiger charge is 2.00. The van der Waals surface area contributed by atoms with Crippen molar-refractivity contribution in [3.8, 4) is 0 Å². The Balaban J connectivity index is 0. The number of quaternary nitrogens is 1. The largest absolute Gasteiger partial charge is 1.00 e. The van der Waals surface area contributed by atoms with Gasteiger partial charge in [0.2, 0.25) is 0 Å². The molecule has 0 radical (unpaired) electrons. The lowest BCUT2D eigenvalue weighted by Crippen LogP contribution is -3.00. The summed E-state index contributed by atoms with van der Waals surface area (Å²) in [6.07, 6.45) is 8.46. The van der Waals surface area contributed by atoms with E-state index in [0.29, 0.717) is 0 Å². The van der Waals surface area contributed by atoms with Gasteiger partial charge in [0.25, 0.3) is 0 Å². The molecule has 1 nitrogen and oxygen atoms in total. The van der Waals surface area contributed by atoms with Crippen molar-refractivity contribution in [3.63, 3.8) is 0 Å². The number of unbranched alkanes of at least 4 members (excludes halogenated alkanes) is 2. The van der Waals surface area contributed by atoms with Gasteiger partial charge >= 0.3 is 0 Å². The fourth-order valence-electron chi connectivity index (χ4n) is 0.831. The lowest BCUT2D eigenvalue weighted by atomic mass is 10.2. The number of allylic oxidation sites excluding steroid dienone is 1. The fourth-order valence-corrected chi connectivity index (χ4v) is 0.831. The second-order valence-corrected chi connectivity index (χ2v) is 4.09. The van der Waals surface area contributed by atoms with E-state index in [2.05, 4.69) is 40.2 Å². The molecule has 0 saturated carbocycles. The lowest BCUT2D eigenvalue weighted by molar-refractivity contribution is -0.864. The molecule has 0 fully saturated rings. The third-order valence-corrected chi connectivity index (χ3v) is 1.54. The quantitative estimate of drug-likeness (QED) is 0.341. The molecular weight excluding hydrogens is 214 g/mol. The van der Waals surface area contributed by atoms with Gasteiger partial charge in [0.15, 0.2) is 0 Å². The van der Waals surface area contributed by atoms with Gasteiger partial charge in [0.05, 0.1) is 27.7 Å². The van der Waals surface area contributed by atoms with Crippen LogP contribution < -0.4 is 17.0 Å². The van der Waals surface area contributed by atoms with Crippen LogP contribution in [0.4, 0.5) is 0 Å². The average molecular weight is 236 g/mol. The molecule has 0 unspecified atom stereocenters. The maximum Gasteiger partial charge on any atom is 0.0967 e. The van der Waals surface area contributed by atoms with E-state index in [-0.39, 0.29) is 17.0 Å². The minimum Gasteiger partial charge on any atom is -1.00 e. The first-order valence-electron chi connectivity index (χ1n) is 4.51. The number of rotatable bonds is 5. The molecule has 0 spiro atoms. The van der Waals surface area contributed by atoms with Crippen LogP contribution >= 0.6 is 0 Å². The molecule has 0 aliphatic rings. The summed E-state index contributed by atoms with van der Waals surface area (Å²) in [5.74, 6) is 0. The Morgan fingerprint density at radius 2 is 1.67 bits per heavy atom.